The van der Waals surface area contributed by atoms with Gasteiger partial charge < -0.3 is 10.8 Å². The Morgan fingerprint density at radius 2 is 1.92 bits per heavy atom. The van der Waals surface area contributed by atoms with Gasteiger partial charge >= 0.3 is 0 Å². The van der Waals surface area contributed by atoms with E-state index in [1.54, 1.807) is 0 Å². The highest BCUT2D eigenvalue weighted by atomic mass is 16.3. The van der Waals surface area contributed by atoms with Crippen LogP contribution in [0, 0.1) is 5.41 Å². The van der Waals surface area contributed by atoms with Crippen molar-refractivity contribution in [1.82, 2.24) is 0 Å². The largest absolute Gasteiger partial charge is 0.390 e. The zero-order valence-corrected chi connectivity index (χ0v) is 8.43. The molecular weight excluding hydrogens is 150 g/mol. The highest BCUT2D eigenvalue weighted by Gasteiger charge is 2.40. The fourth-order valence-corrected chi connectivity index (χ4v) is 1.73. The van der Waals surface area contributed by atoms with E-state index in [2.05, 4.69) is 20.8 Å². The van der Waals surface area contributed by atoms with Gasteiger partial charge in [0.15, 0.2) is 0 Å². The summed E-state index contributed by atoms with van der Waals surface area (Å²) in [5.41, 5.74) is 5.54. The van der Waals surface area contributed by atoms with E-state index in [1.807, 2.05) is 0 Å². The van der Waals surface area contributed by atoms with Crippen molar-refractivity contribution in [2.24, 2.45) is 11.1 Å². The third-order valence-corrected chi connectivity index (χ3v) is 2.62. The Labute approximate surface area is 75.2 Å². The third-order valence-electron chi connectivity index (χ3n) is 2.62. The Morgan fingerprint density at radius 1 is 1.42 bits per heavy atom. The number of nitrogens with two attached hydrogens (primary N) is 1. The number of hydrogen-bond acceptors (Lipinski definition) is 2. The minimum atomic E-state index is -0.424. The predicted molar refractivity (Wildman–Crippen MR) is 50.8 cm³/mol. The first kappa shape index (κ1) is 10.0. The lowest BCUT2D eigenvalue weighted by molar-refractivity contribution is -0.0596. The van der Waals surface area contributed by atoms with Crippen molar-refractivity contribution in [3.8, 4) is 0 Å². The summed E-state index contributed by atoms with van der Waals surface area (Å²) >= 11 is 0. The van der Waals surface area contributed by atoms with Crippen molar-refractivity contribution in [2.75, 3.05) is 0 Å². The van der Waals surface area contributed by atoms with Crippen LogP contribution in [0.2, 0.25) is 0 Å². The van der Waals surface area contributed by atoms with Crippen LogP contribution < -0.4 is 5.73 Å². The van der Waals surface area contributed by atoms with Crippen LogP contribution >= 0.6 is 0 Å². The summed E-state index contributed by atoms with van der Waals surface area (Å²) in [7, 11) is 0. The summed E-state index contributed by atoms with van der Waals surface area (Å²) in [6.07, 6.45) is 3.58. The first-order valence-corrected chi connectivity index (χ1v) is 4.79. The maximum atomic E-state index is 9.86. The Morgan fingerprint density at radius 3 is 2.25 bits per heavy atom. The molecular formula is C10H21NO. The van der Waals surface area contributed by atoms with Gasteiger partial charge in [-0.2, -0.15) is 0 Å². The molecule has 0 aromatic heterocycles. The Balaban J connectivity index is 2.24. The molecule has 1 aliphatic rings. The molecule has 0 aromatic carbocycles. The fourth-order valence-electron chi connectivity index (χ4n) is 1.73. The Hall–Kier alpha value is -0.0800. The molecule has 0 radical (unpaired) electrons. The average molecular weight is 171 g/mol. The van der Waals surface area contributed by atoms with Crippen molar-refractivity contribution in [3.63, 3.8) is 0 Å². The van der Waals surface area contributed by atoms with E-state index < -0.39 is 5.60 Å². The van der Waals surface area contributed by atoms with Gasteiger partial charge in [0, 0.05) is 6.04 Å². The molecule has 3 N–H and O–H groups in total. The van der Waals surface area contributed by atoms with Crippen LogP contribution in [0.5, 0.6) is 0 Å². The molecule has 0 unspecified atom stereocenters. The van der Waals surface area contributed by atoms with Gasteiger partial charge in [-0.25, -0.2) is 0 Å². The van der Waals surface area contributed by atoms with Crippen LogP contribution in [-0.2, 0) is 0 Å². The van der Waals surface area contributed by atoms with E-state index in [9.17, 15) is 5.11 Å². The second-order valence-electron chi connectivity index (χ2n) is 5.45. The lowest BCUT2D eigenvalue weighted by Gasteiger charge is -2.43. The monoisotopic (exact) mass is 171 g/mol. The van der Waals surface area contributed by atoms with Gasteiger partial charge in [-0.1, -0.05) is 20.8 Å². The molecule has 0 aliphatic heterocycles. The molecule has 0 spiro atoms. The third kappa shape index (κ3) is 2.76. The summed E-state index contributed by atoms with van der Waals surface area (Å²) < 4.78 is 0. The van der Waals surface area contributed by atoms with E-state index in [1.165, 1.54) is 0 Å². The summed E-state index contributed by atoms with van der Waals surface area (Å²) in [6, 6.07) is 0.245. The molecule has 0 amide bonds. The van der Waals surface area contributed by atoms with Gasteiger partial charge in [-0.05, 0) is 31.1 Å². The molecule has 0 atom stereocenters. The van der Waals surface area contributed by atoms with Crippen molar-refractivity contribution in [3.05, 3.63) is 0 Å². The summed E-state index contributed by atoms with van der Waals surface area (Å²) in [4.78, 5) is 0. The smallest absolute Gasteiger partial charge is 0.0677 e. The van der Waals surface area contributed by atoms with E-state index >= 15 is 0 Å². The first-order valence-electron chi connectivity index (χ1n) is 4.79. The zero-order chi connectivity index (χ0) is 9.41. The molecule has 1 saturated carbocycles. The second kappa shape index (κ2) is 3.00. The first-order chi connectivity index (χ1) is 5.31. The lowest BCUT2D eigenvalue weighted by Crippen LogP contribution is -2.51. The quantitative estimate of drug-likeness (QED) is 0.664. The van der Waals surface area contributed by atoms with E-state index in [0.29, 0.717) is 5.41 Å². The average Bonchev–Trinajstić information content (AvgIpc) is 1.79. The predicted octanol–water partition coefficient (Wildman–Crippen LogP) is 1.66. The van der Waals surface area contributed by atoms with Crippen LogP contribution in [0.1, 0.15) is 46.5 Å². The minimum absolute atomic E-state index is 0.245. The lowest BCUT2D eigenvalue weighted by atomic mass is 9.71. The highest BCUT2D eigenvalue weighted by Crippen LogP contribution is 2.37. The standard InChI is InChI=1S/C10H21NO/c1-9(2,3)4-5-10(12)6-8(11)7-10/h8,12H,4-7,11H2,1-3H3. The Kier molecular flexibility index (Phi) is 2.50. The minimum Gasteiger partial charge on any atom is -0.390 e. The van der Waals surface area contributed by atoms with E-state index in [0.717, 1.165) is 25.7 Å². The number of aliphatic hydroxyl groups is 1. The van der Waals surface area contributed by atoms with Crippen molar-refractivity contribution >= 4 is 0 Å². The van der Waals surface area contributed by atoms with Gasteiger partial charge in [0.2, 0.25) is 0 Å². The van der Waals surface area contributed by atoms with Crippen molar-refractivity contribution in [2.45, 2.75) is 58.1 Å². The van der Waals surface area contributed by atoms with Gasteiger partial charge in [0.1, 0.15) is 0 Å². The summed E-state index contributed by atoms with van der Waals surface area (Å²) in [6.45, 7) is 6.61. The van der Waals surface area contributed by atoms with Crippen LogP contribution in [0.25, 0.3) is 0 Å². The van der Waals surface area contributed by atoms with Crippen molar-refractivity contribution in [1.29, 1.82) is 0 Å². The van der Waals surface area contributed by atoms with Gasteiger partial charge in [0.05, 0.1) is 5.60 Å². The van der Waals surface area contributed by atoms with Crippen molar-refractivity contribution < 1.29 is 5.11 Å². The van der Waals surface area contributed by atoms with Gasteiger partial charge in [-0.15, -0.1) is 0 Å². The summed E-state index contributed by atoms with van der Waals surface area (Å²) in [5.74, 6) is 0. The molecule has 1 aliphatic carbocycles. The topological polar surface area (TPSA) is 46.2 Å². The number of hydrogen-bond donors (Lipinski definition) is 2. The molecule has 72 valence electrons. The van der Waals surface area contributed by atoms with E-state index in [4.69, 9.17) is 5.73 Å². The van der Waals surface area contributed by atoms with Gasteiger partial charge in [-0.3, -0.25) is 0 Å². The van der Waals surface area contributed by atoms with Crippen LogP contribution in [0.3, 0.4) is 0 Å². The molecule has 0 saturated heterocycles. The second-order valence-corrected chi connectivity index (χ2v) is 5.45. The SMILES string of the molecule is CC(C)(C)CCC1(O)CC(N)C1. The fraction of sp³-hybridized carbons (Fsp3) is 1.00. The molecule has 2 heteroatoms. The zero-order valence-electron chi connectivity index (χ0n) is 8.43. The Bertz CT molecular complexity index is 154. The molecule has 1 rings (SSSR count). The molecule has 12 heavy (non-hydrogen) atoms. The maximum absolute atomic E-state index is 9.86. The van der Waals surface area contributed by atoms with E-state index in [-0.39, 0.29) is 6.04 Å². The normalized spacial score (nSPS) is 36.2. The van der Waals surface area contributed by atoms with Crippen LogP contribution in [0.4, 0.5) is 0 Å². The van der Waals surface area contributed by atoms with Crippen LogP contribution in [0.15, 0.2) is 0 Å². The molecule has 1 fully saturated rings. The molecule has 0 aromatic rings. The molecule has 0 bridgehead atoms. The molecule has 0 heterocycles. The maximum Gasteiger partial charge on any atom is 0.0677 e. The summed E-state index contributed by atoms with van der Waals surface area (Å²) in [5, 5.41) is 9.86. The molecule has 2 nitrogen and oxygen atoms in total. The highest BCUT2D eigenvalue weighted by molar-refractivity contribution is 4.96. The number of rotatable bonds is 2. The van der Waals surface area contributed by atoms with Gasteiger partial charge in [0.25, 0.3) is 0 Å². The van der Waals surface area contributed by atoms with Crippen LogP contribution in [-0.4, -0.2) is 16.7 Å².